The van der Waals surface area contributed by atoms with Crippen LogP contribution in [0.4, 0.5) is 5.69 Å². The number of quaternary nitrogens is 1. The summed E-state index contributed by atoms with van der Waals surface area (Å²) < 4.78 is 0.463. The molecule has 1 saturated heterocycles. The summed E-state index contributed by atoms with van der Waals surface area (Å²) in [5, 5.41) is 3.67. The summed E-state index contributed by atoms with van der Waals surface area (Å²) >= 11 is 0. The Kier molecular flexibility index (Phi) is 4.89. The van der Waals surface area contributed by atoms with E-state index in [0.29, 0.717) is 16.7 Å². The van der Waals surface area contributed by atoms with Crippen LogP contribution in [-0.2, 0) is 0 Å². The Morgan fingerprint density at radius 3 is 2.60 bits per heavy atom. The number of benzene rings is 2. The Morgan fingerprint density at radius 2 is 1.74 bits per heavy atom. The smallest absolute Gasteiger partial charge is 0.225 e. The molecule has 0 N–H and O–H groups in total. The second-order valence-corrected chi connectivity index (χ2v) is 9.94. The fourth-order valence-corrected chi connectivity index (χ4v) is 5.99. The molecule has 4 aliphatic rings. The molecule has 1 unspecified atom stereocenters. The van der Waals surface area contributed by atoms with Crippen molar-refractivity contribution in [1.29, 1.82) is 0 Å². The van der Waals surface area contributed by atoms with Crippen LogP contribution in [0, 0.1) is 0 Å². The van der Waals surface area contributed by atoms with Crippen molar-refractivity contribution < 1.29 is 4.59 Å². The first-order chi connectivity index (χ1) is 17.3. The average Bonchev–Trinajstić information content (AvgIpc) is 3.56. The van der Waals surface area contributed by atoms with Gasteiger partial charge < -0.3 is 4.90 Å². The van der Waals surface area contributed by atoms with E-state index in [2.05, 4.69) is 80.7 Å². The highest BCUT2D eigenvalue weighted by atomic mass is 15.8. The Labute approximate surface area is 205 Å². The fourth-order valence-electron chi connectivity index (χ4n) is 5.99. The average molecular weight is 462 g/mol. The molecule has 7 rings (SSSR count). The molecule has 3 aliphatic heterocycles. The SMILES string of the molecule is C1=C[N+]2(N(c3ccc4ccc(-c5ccccc5)nc4c3)C3CC(N4CCCC4)C3)C=NC=C2C=N1. The standard InChI is InChI=1S/C29H29N6/c1-2-6-22(7-3-1)28-11-9-23-8-10-24(18-29(23)32-28)34(26-16-25(17-26)33-13-4-5-14-33)35-15-12-30-19-27(35)20-31-21-35/h1-3,6-12,15,18-21,25-26H,4-5,13-14,16-17H2/q+1. The summed E-state index contributed by atoms with van der Waals surface area (Å²) in [4.78, 5) is 16.7. The molecule has 2 fully saturated rings. The molecule has 174 valence electrons. The molecule has 0 bridgehead atoms. The monoisotopic (exact) mass is 461 g/mol. The molecule has 6 nitrogen and oxygen atoms in total. The fraction of sp³-hybridized carbons (Fsp3) is 0.276. The van der Waals surface area contributed by atoms with Gasteiger partial charge in [-0.1, -0.05) is 42.5 Å². The van der Waals surface area contributed by atoms with E-state index in [1.807, 2.05) is 31.0 Å². The van der Waals surface area contributed by atoms with Crippen LogP contribution >= 0.6 is 0 Å². The minimum absolute atomic E-state index is 0.416. The van der Waals surface area contributed by atoms with Gasteiger partial charge in [0.25, 0.3) is 0 Å². The number of hydrogen-bond acceptors (Lipinski definition) is 5. The Morgan fingerprint density at radius 1 is 0.914 bits per heavy atom. The van der Waals surface area contributed by atoms with Crippen LogP contribution < -0.4 is 5.01 Å². The van der Waals surface area contributed by atoms with Crippen molar-refractivity contribution in [2.75, 3.05) is 18.1 Å². The van der Waals surface area contributed by atoms with Crippen molar-refractivity contribution in [1.82, 2.24) is 9.88 Å². The zero-order valence-corrected chi connectivity index (χ0v) is 19.7. The first-order valence-corrected chi connectivity index (χ1v) is 12.6. The second-order valence-electron chi connectivity index (χ2n) is 9.94. The second kappa shape index (κ2) is 8.26. The maximum absolute atomic E-state index is 5.06. The van der Waals surface area contributed by atoms with Gasteiger partial charge in [0.1, 0.15) is 0 Å². The number of allylic oxidation sites excluding steroid dienone is 1. The van der Waals surface area contributed by atoms with Gasteiger partial charge in [-0.25, -0.2) is 15.0 Å². The van der Waals surface area contributed by atoms with Gasteiger partial charge in [-0.15, -0.1) is 4.59 Å². The van der Waals surface area contributed by atoms with Gasteiger partial charge in [-0.2, -0.15) is 0 Å². The lowest BCUT2D eigenvalue weighted by molar-refractivity contribution is -0.746. The maximum Gasteiger partial charge on any atom is 0.225 e. The minimum atomic E-state index is 0.416. The molecule has 1 atom stereocenters. The molecule has 0 spiro atoms. The van der Waals surface area contributed by atoms with Crippen LogP contribution in [0.2, 0.25) is 0 Å². The number of pyridine rings is 1. The molecule has 1 saturated carbocycles. The van der Waals surface area contributed by atoms with Gasteiger partial charge in [0.05, 0.1) is 41.6 Å². The zero-order chi connectivity index (χ0) is 23.2. The first-order valence-electron chi connectivity index (χ1n) is 12.6. The lowest BCUT2D eigenvalue weighted by atomic mass is 9.84. The van der Waals surface area contributed by atoms with E-state index < -0.39 is 0 Å². The molecule has 1 aliphatic carbocycles. The summed E-state index contributed by atoms with van der Waals surface area (Å²) in [5.74, 6) is 0. The number of aliphatic imine (C=N–C) groups is 2. The predicted molar refractivity (Wildman–Crippen MR) is 142 cm³/mol. The Hall–Kier alpha value is -3.61. The molecule has 35 heavy (non-hydrogen) atoms. The maximum atomic E-state index is 5.06. The number of hydrogen-bond donors (Lipinski definition) is 0. The van der Waals surface area contributed by atoms with Crippen molar-refractivity contribution in [2.45, 2.75) is 37.8 Å². The molecule has 2 aromatic carbocycles. The van der Waals surface area contributed by atoms with Crippen molar-refractivity contribution >= 4 is 29.1 Å². The van der Waals surface area contributed by atoms with Gasteiger partial charge >= 0.3 is 0 Å². The van der Waals surface area contributed by atoms with E-state index >= 15 is 0 Å². The molecule has 0 amide bonds. The van der Waals surface area contributed by atoms with Gasteiger partial charge in [0.2, 0.25) is 12.0 Å². The van der Waals surface area contributed by atoms with E-state index in [1.165, 1.54) is 44.5 Å². The third kappa shape index (κ3) is 3.44. The highest BCUT2D eigenvalue weighted by Crippen LogP contribution is 2.42. The Bertz CT molecular complexity index is 1380. The number of nitrogens with zero attached hydrogens (tertiary/aromatic N) is 6. The van der Waals surface area contributed by atoms with Gasteiger partial charge in [-0.05, 0) is 57.0 Å². The largest absolute Gasteiger partial charge is 0.300 e. The number of anilines is 1. The van der Waals surface area contributed by atoms with E-state index in [0.717, 1.165) is 27.9 Å². The Balaban J connectivity index is 1.29. The molecule has 4 heterocycles. The van der Waals surface area contributed by atoms with Crippen LogP contribution in [0.1, 0.15) is 25.7 Å². The molecular formula is C29H29N6+. The van der Waals surface area contributed by atoms with E-state index in [-0.39, 0.29) is 0 Å². The minimum Gasteiger partial charge on any atom is -0.300 e. The lowest BCUT2D eigenvalue weighted by Crippen LogP contribution is -2.64. The highest BCUT2D eigenvalue weighted by Gasteiger charge is 2.50. The van der Waals surface area contributed by atoms with Gasteiger partial charge in [-0.3, -0.25) is 4.99 Å². The molecule has 3 aromatic rings. The summed E-state index contributed by atoms with van der Waals surface area (Å²) in [6.07, 6.45) is 14.9. The van der Waals surface area contributed by atoms with E-state index in [1.54, 1.807) is 0 Å². The van der Waals surface area contributed by atoms with E-state index in [4.69, 9.17) is 4.98 Å². The number of fused-ring (bicyclic) bond motifs is 2. The summed E-state index contributed by atoms with van der Waals surface area (Å²) in [7, 11) is 0. The molecule has 6 heteroatoms. The van der Waals surface area contributed by atoms with Crippen molar-refractivity contribution in [3.8, 4) is 11.3 Å². The molecule has 1 aromatic heterocycles. The van der Waals surface area contributed by atoms with Crippen molar-refractivity contribution in [3.63, 3.8) is 0 Å². The quantitative estimate of drug-likeness (QED) is 0.471. The van der Waals surface area contributed by atoms with Gasteiger partial charge in [0.15, 0.2) is 6.20 Å². The van der Waals surface area contributed by atoms with Crippen LogP contribution in [0.3, 0.4) is 0 Å². The first kappa shape index (κ1) is 20.7. The third-order valence-electron chi connectivity index (χ3n) is 7.91. The summed E-state index contributed by atoms with van der Waals surface area (Å²) in [6.45, 7) is 2.50. The predicted octanol–water partition coefficient (Wildman–Crippen LogP) is 5.51. The normalized spacial score (nSPS) is 27.1. The molecular weight excluding hydrogens is 432 g/mol. The van der Waals surface area contributed by atoms with Crippen LogP contribution in [-0.4, -0.2) is 52.2 Å². The number of rotatable bonds is 5. The summed E-state index contributed by atoms with van der Waals surface area (Å²) in [6, 6.07) is 22.5. The van der Waals surface area contributed by atoms with Gasteiger partial charge in [0, 0.05) is 17.0 Å². The highest BCUT2D eigenvalue weighted by molar-refractivity contribution is 5.86. The molecule has 0 radical (unpaired) electrons. The topological polar surface area (TPSA) is 44.1 Å². The van der Waals surface area contributed by atoms with Crippen molar-refractivity contribution in [2.24, 2.45) is 9.98 Å². The van der Waals surface area contributed by atoms with Crippen LogP contribution in [0.15, 0.2) is 94.9 Å². The third-order valence-corrected chi connectivity index (χ3v) is 7.91. The zero-order valence-electron chi connectivity index (χ0n) is 19.7. The van der Waals surface area contributed by atoms with Crippen LogP contribution in [0.5, 0.6) is 0 Å². The van der Waals surface area contributed by atoms with Crippen LogP contribution in [0.25, 0.3) is 22.2 Å². The lowest BCUT2D eigenvalue weighted by Gasteiger charge is -2.51. The van der Waals surface area contributed by atoms with E-state index in [9.17, 15) is 0 Å². The summed E-state index contributed by atoms with van der Waals surface area (Å²) in [5.41, 5.74) is 5.39. The van der Waals surface area contributed by atoms with Crippen molar-refractivity contribution in [3.05, 3.63) is 85.0 Å². The number of aromatic nitrogens is 1. The number of likely N-dealkylation sites (tertiary alicyclic amines) is 1.